The number of piperidine rings is 1. The number of rotatable bonds is 5. The van der Waals surface area contributed by atoms with E-state index < -0.39 is 0 Å². The Morgan fingerprint density at radius 2 is 1.95 bits per heavy atom. The van der Waals surface area contributed by atoms with E-state index in [1.807, 2.05) is 6.92 Å². The fourth-order valence-electron chi connectivity index (χ4n) is 2.66. The number of aromatic nitrogens is 2. The zero-order valence-electron chi connectivity index (χ0n) is 12.8. The maximum Gasteiger partial charge on any atom is 0.137 e. The Morgan fingerprint density at radius 3 is 2.55 bits per heavy atom. The molecule has 0 atom stereocenters. The van der Waals surface area contributed by atoms with Crippen LogP contribution < -0.4 is 10.2 Å². The number of anilines is 2. The lowest BCUT2D eigenvalue weighted by atomic mass is 9.98. The van der Waals surface area contributed by atoms with Gasteiger partial charge in [0.2, 0.25) is 0 Å². The summed E-state index contributed by atoms with van der Waals surface area (Å²) in [7, 11) is 0. The van der Waals surface area contributed by atoms with Crippen molar-refractivity contribution < 1.29 is 5.11 Å². The fourth-order valence-corrected chi connectivity index (χ4v) is 2.66. The highest BCUT2D eigenvalue weighted by Crippen LogP contribution is 2.27. The van der Waals surface area contributed by atoms with Crippen LogP contribution >= 0.6 is 0 Å². The van der Waals surface area contributed by atoms with E-state index in [4.69, 9.17) is 0 Å². The van der Waals surface area contributed by atoms with Crippen molar-refractivity contribution in [2.75, 3.05) is 36.5 Å². The largest absolute Gasteiger partial charge is 0.396 e. The summed E-state index contributed by atoms with van der Waals surface area (Å²) < 4.78 is 0. The van der Waals surface area contributed by atoms with Gasteiger partial charge in [-0.05, 0) is 39.0 Å². The van der Waals surface area contributed by atoms with Gasteiger partial charge in [-0.3, -0.25) is 0 Å². The van der Waals surface area contributed by atoms with Gasteiger partial charge in [-0.25, -0.2) is 9.97 Å². The zero-order valence-corrected chi connectivity index (χ0v) is 12.8. The lowest BCUT2D eigenvalue weighted by Gasteiger charge is -2.33. The van der Waals surface area contributed by atoms with Crippen LogP contribution in [0.25, 0.3) is 0 Å². The normalized spacial score (nSPS) is 16.5. The van der Waals surface area contributed by atoms with Crippen LogP contribution in [0.3, 0.4) is 0 Å². The Kier molecular flexibility index (Phi) is 5.17. The van der Waals surface area contributed by atoms with Crippen molar-refractivity contribution in [1.82, 2.24) is 9.97 Å². The molecule has 20 heavy (non-hydrogen) atoms. The molecule has 0 unspecified atom stereocenters. The van der Waals surface area contributed by atoms with Crippen LogP contribution in [0.4, 0.5) is 11.6 Å². The Hall–Kier alpha value is -1.36. The lowest BCUT2D eigenvalue weighted by Crippen LogP contribution is -2.36. The lowest BCUT2D eigenvalue weighted by molar-refractivity contribution is 0.202. The second kappa shape index (κ2) is 6.88. The summed E-state index contributed by atoms with van der Waals surface area (Å²) in [4.78, 5) is 11.5. The molecule has 0 saturated carbocycles. The molecule has 112 valence electrons. The first-order valence-corrected chi connectivity index (χ1v) is 7.60. The molecule has 0 bridgehead atoms. The van der Waals surface area contributed by atoms with Gasteiger partial charge >= 0.3 is 0 Å². The first-order chi connectivity index (χ1) is 9.65. The summed E-state index contributed by atoms with van der Waals surface area (Å²) in [6.45, 7) is 9.36. The van der Waals surface area contributed by atoms with Crippen molar-refractivity contribution in [2.45, 2.75) is 40.0 Å². The molecule has 1 aromatic rings. The summed E-state index contributed by atoms with van der Waals surface area (Å²) in [5.74, 6) is 3.27. The minimum Gasteiger partial charge on any atom is -0.396 e. The number of hydrogen-bond acceptors (Lipinski definition) is 5. The highest BCUT2D eigenvalue weighted by molar-refractivity contribution is 5.58. The average molecular weight is 278 g/mol. The Labute approximate surface area is 121 Å². The van der Waals surface area contributed by atoms with Crippen LogP contribution in [0.2, 0.25) is 0 Å². The van der Waals surface area contributed by atoms with Gasteiger partial charge in [-0.1, -0.05) is 6.92 Å². The van der Waals surface area contributed by atoms with Crippen LogP contribution in [0.15, 0.2) is 0 Å². The predicted octanol–water partition coefficient (Wildman–Crippen LogP) is 2.12. The number of nitrogens with one attached hydrogen (secondary N) is 1. The summed E-state index contributed by atoms with van der Waals surface area (Å²) >= 11 is 0. The van der Waals surface area contributed by atoms with E-state index >= 15 is 0 Å². The molecular weight excluding hydrogens is 252 g/mol. The second-order valence-corrected chi connectivity index (χ2v) is 5.61. The van der Waals surface area contributed by atoms with Gasteiger partial charge < -0.3 is 15.3 Å². The molecule has 2 N–H and O–H groups in total. The summed E-state index contributed by atoms with van der Waals surface area (Å²) in [6.07, 6.45) is 3.16. The van der Waals surface area contributed by atoms with Crippen LogP contribution in [-0.4, -0.2) is 41.3 Å². The van der Waals surface area contributed by atoms with E-state index in [2.05, 4.69) is 34.0 Å². The van der Waals surface area contributed by atoms with Crippen LogP contribution in [0, 0.1) is 19.8 Å². The molecular formula is C15H26N4O. The molecule has 0 spiro atoms. The number of aryl methyl sites for hydroxylation is 1. The van der Waals surface area contributed by atoms with Gasteiger partial charge in [0.15, 0.2) is 0 Å². The third-order valence-corrected chi connectivity index (χ3v) is 3.95. The van der Waals surface area contributed by atoms with Gasteiger partial charge in [0.25, 0.3) is 0 Å². The summed E-state index contributed by atoms with van der Waals surface area (Å²) in [5, 5.41) is 12.6. The van der Waals surface area contributed by atoms with E-state index in [9.17, 15) is 5.11 Å². The Morgan fingerprint density at radius 1 is 1.25 bits per heavy atom. The van der Waals surface area contributed by atoms with Gasteiger partial charge in [0, 0.05) is 31.8 Å². The number of nitrogens with zero attached hydrogens (tertiary/aromatic N) is 3. The number of aliphatic hydroxyl groups is 1. The maximum absolute atomic E-state index is 9.23. The Bertz CT molecular complexity index is 442. The molecule has 1 aromatic heterocycles. The third-order valence-electron chi connectivity index (χ3n) is 3.95. The van der Waals surface area contributed by atoms with Crippen LogP contribution in [0.1, 0.15) is 37.6 Å². The average Bonchev–Trinajstić information content (AvgIpc) is 2.48. The van der Waals surface area contributed by atoms with Crippen molar-refractivity contribution in [3.63, 3.8) is 0 Å². The van der Waals surface area contributed by atoms with E-state index in [-0.39, 0.29) is 0 Å². The highest BCUT2D eigenvalue weighted by atomic mass is 16.3. The van der Waals surface area contributed by atoms with Crippen molar-refractivity contribution in [1.29, 1.82) is 0 Å². The first-order valence-electron chi connectivity index (χ1n) is 7.60. The molecule has 1 aliphatic rings. The molecule has 5 heteroatoms. The fraction of sp³-hybridized carbons (Fsp3) is 0.733. The smallest absolute Gasteiger partial charge is 0.137 e. The Balaban J connectivity index is 2.16. The summed E-state index contributed by atoms with van der Waals surface area (Å²) in [6, 6.07) is 0. The molecule has 5 nitrogen and oxygen atoms in total. The molecule has 0 radical (unpaired) electrons. The maximum atomic E-state index is 9.23. The number of aliphatic hydroxyl groups excluding tert-OH is 1. The quantitative estimate of drug-likeness (QED) is 0.864. The first kappa shape index (κ1) is 15.0. The molecule has 0 amide bonds. The summed E-state index contributed by atoms with van der Waals surface area (Å²) in [5.41, 5.74) is 1.13. The monoisotopic (exact) mass is 278 g/mol. The SMILES string of the molecule is CCCNc1nc(C)nc(N2CCC(CO)CC2)c1C. The van der Waals surface area contributed by atoms with Crippen LogP contribution in [-0.2, 0) is 0 Å². The van der Waals surface area contributed by atoms with Crippen molar-refractivity contribution in [3.8, 4) is 0 Å². The predicted molar refractivity (Wildman–Crippen MR) is 82.3 cm³/mol. The molecule has 1 saturated heterocycles. The molecule has 2 rings (SSSR count). The van der Waals surface area contributed by atoms with Crippen molar-refractivity contribution in [2.24, 2.45) is 5.92 Å². The van der Waals surface area contributed by atoms with Crippen LogP contribution in [0.5, 0.6) is 0 Å². The molecule has 0 aliphatic carbocycles. The van der Waals surface area contributed by atoms with E-state index in [0.29, 0.717) is 12.5 Å². The van der Waals surface area contributed by atoms with Gasteiger partial charge in [-0.2, -0.15) is 0 Å². The zero-order chi connectivity index (χ0) is 14.5. The van der Waals surface area contributed by atoms with Crippen molar-refractivity contribution >= 4 is 11.6 Å². The second-order valence-electron chi connectivity index (χ2n) is 5.61. The molecule has 1 aliphatic heterocycles. The van der Waals surface area contributed by atoms with E-state index in [1.54, 1.807) is 0 Å². The van der Waals surface area contributed by atoms with E-state index in [0.717, 1.165) is 61.9 Å². The standard InChI is InChI=1S/C15H26N4O/c1-4-7-16-14-11(2)15(18-12(3)17-14)19-8-5-13(10-20)6-9-19/h13,20H,4-10H2,1-3H3,(H,16,17,18). The molecule has 1 fully saturated rings. The topological polar surface area (TPSA) is 61.3 Å². The minimum atomic E-state index is 0.304. The van der Waals surface area contributed by atoms with Crippen molar-refractivity contribution in [3.05, 3.63) is 11.4 Å². The highest BCUT2D eigenvalue weighted by Gasteiger charge is 2.22. The number of hydrogen-bond donors (Lipinski definition) is 2. The van der Waals surface area contributed by atoms with Gasteiger partial charge in [0.1, 0.15) is 17.5 Å². The molecule has 2 heterocycles. The van der Waals surface area contributed by atoms with Gasteiger partial charge in [0.05, 0.1) is 0 Å². The third kappa shape index (κ3) is 3.39. The molecule has 0 aromatic carbocycles. The van der Waals surface area contributed by atoms with E-state index in [1.165, 1.54) is 0 Å². The minimum absolute atomic E-state index is 0.304. The van der Waals surface area contributed by atoms with Gasteiger partial charge in [-0.15, -0.1) is 0 Å².